The number of anilines is 2. The van der Waals surface area contributed by atoms with Crippen LogP contribution in [0.15, 0.2) is 48.5 Å². The molecule has 0 radical (unpaired) electrons. The van der Waals surface area contributed by atoms with Crippen LogP contribution in [-0.4, -0.2) is 44.1 Å². The van der Waals surface area contributed by atoms with Gasteiger partial charge in [-0.2, -0.15) is 0 Å². The molecule has 0 spiro atoms. The van der Waals surface area contributed by atoms with E-state index >= 15 is 0 Å². The maximum absolute atomic E-state index is 12.9. The largest absolute Gasteiger partial charge is 0.493 e. The molecule has 0 saturated carbocycles. The average Bonchev–Trinajstić information content (AvgIpc) is 2.76. The third-order valence-electron chi connectivity index (χ3n) is 4.91. The highest BCUT2D eigenvalue weighted by molar-refractivity contribution is 6.14. The predicted octanol–water partition coefficient (Wildman–Crippen LogP) is 3.02. The summed E-state index contributed by atoms with van der Waals surface area (Å²) < 4.78 is 15.5. The summed E-state index contributed by atoms with van der Waals surface area (Å²) in [6.07, 6.45) is 2.76. The number of esters is 1. The third-order valence-corrected chi connectivity index (χ3v) is 4.91. The van der Waals surface area contributed by atoms with Gasteiger partial charge >= 0.3 is 5.97 Å². The Morgan fingerprint density at radius 1 is 1.06 bits per heavy atom. The summed E-state index contributed by atoms with van der Waals surface area (Å²) in [5.41, 5.74) is 0.644. The molecular weight excluding hydrogens is 400 g/mol. The van der Waals surface area contributed by atoms with Gasteiger partial charge in [0.15, 0.2) is 18.1 Å². The molecule has 2 aromatic rings. The summed E-state index contributed by atoms with van der Waals surface area (Å²) in [5.74, 6) is -0.408. The predicted molar refractivity (Wildman–Crippen MR) is 116 cm³/mol. The molecule has 0 aliphatic carbocycles. The van der Waals surface area contributed by atoms with Gasteiger partial charge in [-0.1, -0.05) is 18.2 Å². The lowest BCUT2D eigenvalue weighted by Crippen LogP contribution is -2.59. The molecule has 8 nitrogen and oxygen atoms in total. The number of para-hydroxylation sites is 2. The van der Waals surface area contributed by atoms with Crippen LogP contribution in [0.2, 0.25) is 0 Å². The van der Waals surface area contributed by atoms with E-state index < -0.39 is 24.0 Å². The van der Waals surface area contributed by atoms with Gasteiger partial charge in [-0.3, -0.25) is 14.5 Å². The van der Waals surface area contributed by atoms with E-state index in [0.29, 0.717) is 28.4 Å². The minimum Gasteiger partial charge on any atom is -0.493 e. The molecule has 31 heavy (non-hydrogen) atoms. The lowest BCUT2D eigenvalue weighted by Gasteiger charge is -2.41. The smallest absolute Gasteiger partial charge is 0.331 e. The summed E-state index contributed by atoms with van der Waals surface area (Å²) in [6, 6.07) is 12.1. The van der Waals surface area contributed by atoms with Crippen LogP contribution >= 0.6 is 0 Å². The number of ether oxygens (including phenoxy) is 3. The molecule has 1 heterocycles. The second-order valence-corrected chi connectivity index (χ2v) is 7.31. The number of methoxy groups -OCH3 is 2. The zero-order chi connectivity index (χ0) is 22.6. The zero-order valence-corrected chi connectivity index (χ0v) is 17.8. The van der Waals surface area contributed by atoms with E-state index in [1.54, 1.807) is 62.4 Å². The molecule has 0 aromatic heterocycles. The SMILES string of the molecule is COc1ccc(/C=C/C(=O)OCC(=O)N2c3ccccc3NC(=O)C2(C)C)cc1OC. The summed E-state index contributed by atoms with van der Waals surface area (Å²) >= 11 is 0. The van der Waals surface area contributed by atoms with E-state index in [4.69, 9.17) is 14.2 Å². The Labute approximate surface area is 180 Å². The quantitative estimate of drug-likeness (QED) is 0.566. The van der Waals surface area contributed by atoms with Crippen molar-refractivity contribution in [1.29, 1.82) is 0 Å². The second-order valence-electron chi connectivity index (χ2n) is 7.31. The maximum Gasteiger partial charge on any atom is 0.331 e. The van der Waals surface area contributed by atoms with Crippen molar-refractivity contribution in [3.63, 3.8) is 0 Å². The molecule has 0 unspecified atom stereocenters. The van der Waals surface area contributed by atoms with Crippen molar-refractivity contribution < 1.29 is 28.6 Å². The first kappa shape index (κ1) is 21.9. The number of benzene rings is 2. The van der Waals surface area contributed by atoms with Gasteiger partial charge in [0.25, 0.3) is 5.91 Å². The van der Waals surface area contributed by atoms with Gasteiger partial charge < -0.3 is 19.5 Å². The Kier molecular flexibility index (Phi) is 6.29. The highest BCUT2D eigenvalue weighted by Gasteiger charge is 2.43. The topological polar surface area (TPSA) is 94.2 Å². The van der Waals surface area contributed by atoms with Gasteiger partial charge in [0.1, 0.15) is 5.54 Å². The Morgan fingerprint density at radius 2 is 1.77 bits per heavy atom. The first-order valence-electron chi connectivity index (χ1n) is 9.58. The van der Waals surface area contributed by atoms with Gasteiger partial charge in [-0.15, -0.1) is 0 Å². The van der Waals surface area contributed by atoms with E-state index in [1.165, 1.54) is 25.2 Å². The van der Waals surface area contributed by atoms with Crippen molar-refractivity contribution in [1.82, 2.24) is 0 Å². The van der Waals surface area contributed by atoms with Gasteiger partial charge in [-0.05, 0) is 49.8 Å². The molecular formula is C23H24N2O6. The van der Waals surface area contributed by atoms with E-state index in [1.807, 2.05) is 0 Å². The second kappa shape index (κ2) is 8.91. The first-order chi connectivity index (χ1) is 14.8. The van der Waals surface area contributed by atoms with Crippen LogP contribution in [0.25, 0.3) is 6.08 Å². The van der Waals surface area contributed by atoms with E-state index in [9.17, 15) is 14.4 Å². The van der Waals surface area contributed by atoms with Crippen LogP contribution in [0.4, 0.5) is 11.4 Å². The number of amides is 2. The number of nitrogens with one attached hydrogen (secondary N) is 1. The monoisotopic (exact) mass is 424 g/mol. The molecule has 2 aromatic carbocycles. The minimum absolute atomic E-state index is 0.320. The maximum atomic E-state index is 12.9. The number of carbonyl (C=O) groups excluding carboxylic acids is 3. The Morgan fingerprint density at radius 3 is 2.48 bits per heavy atom. The number of hydrogen-bond acceptors (Lipinski definition) is 6. The van der Waals surface area contributed by atoms with Gasteiger partial charge in [0.05, 0.1) is 25.6 Å². The standard InChI is InChI=1S/C23H24N2O6/c1-23(2)22(28)24-16-7-5-6-8-17(16)25(23)20(26)14-31-21(27)12-10-15-9-11-18(29-3)19(13-15)30-4/h5-13H,14H2,1-4H3,(H,24,28)/b12-10+. The number of nitrogens with zero attached hydrogens (tertiary/aromatic N) is 1. The Bertz CT molecular complexity index is 1040. The Balaban J connectivity index is 1.68. The van der Waals surface area contributed by atoms with E-state index in [0.717, 1.165) is 0 Å². The number of hydrogen-bond donors (Lipinski definition) is 1. The molecule has 0 bridgehead atoms. The van der Waals surface area contributed by atoms with Crippen LogP contribution < -0.4 is 19.7 Å². The van der Waals surface area contributed by atoms with Crippen molar-refractivity contribution in [2.75, 3.05) is 31.0 Å². The molecule has 0 atom stereocenters. The summed E-state index contributed by atoms with van der Waals surface area (Å²) in [7, 11) is 3.05. The lowest BCUT2D eigenvalue weighted by molar-refractivity contribution is -0.143. The molecule has 162 valence electrons. The van der Waals surface area contributed by atoms with Crippen LogP contribution in [0.3, 0.4) is 0 Å². The number of rotatable bonds is 6. The first-order valence-corrected chi connectivity index (χ1v) is 9.58. The van der Waals surface area contributed by atoms with Gasteiger partial charge in [-0.25, -0.2) is 4.79 Å². The molecule has 1 aliphatic rings. The molecule has 2 amide bonds. The van der Waals surface area contributed by atoms with Crippen molar-refractivity contribution in [2.24, 2.45) is 0 Å². The molecule has 8 heteroatoms. The molecule has 1 aliphatic heterocycles. The van der Waals surface area contributed by atoms with Gasteiger partial charge in [0.2, 0.25) is 5.91 Å². The summed E-state index contributed by atoms with van der Waals surface area (Å²) in [6.45, 7) is 2.77. The summed E-state index contributed by atoms with van der Waals surface area (Å²) in [4.78, 5) is 38.8. The van der Waals surface area contributed by atoms with Crippen molar-refractivity contribution in [3.8, 4) is 11.5 Å². The zero-order valence-electron chi connectivity index (χ0n) is 17.8. The fourth-order valence-corrected chi connectivity index (χ4v) is 3.26. The molecule has 0 fully saturated rings. The van der Waals surface area contributed by atoms with Crippen LogP contribution in [0.1, 0.15) is 19.4 Å². The minimum atomic E-state index is -1.13. The van der Waals surface area contributed by atoms with Crippen LogP contribution in [-0.2, 0) is 19.1 Å². The summed E-state index contributed by atoms with van der Waals surface area (Å²) in [5, 5.41) is 2.78. The molecule has 3 rings (SSSR count). The molecule has 0 saturated heterocycles. The normalized spacial score (nSPS) is 14.6. The number of carbonyl (C=O) groups is 3. The number of fused-ring (bicyclic) bond motifs is 1. The van der Waals surface area contributed by atoms with Crippen molar-refractivity contribution in [2.45, 2.75) is 19.4 Å². The average molecular weight is 424 g/mol. The van der Waals surface area contributed by atoms with E-state index in [2.05, 4.69) is 5.32 Å². The fraction of sp³-hybridized carbons (Fsp3) is 0.261. The fourth-order valence-electron chi connectivity index (χ4n) is 3.26. The lowest BCUT2D eigenvalue weighted by atomic mass is 9.96. The van der Waals surface area contributed by atoms with Crippen LogP contribution in [0.5, 0.6) is 11.5 Å². The Hall–Kier alpha value is -3.81. The van der Waals surface area contributed by atoms with Crippen LogP contribution in [0, 0.1) is 0 Å². The highest BCUT2D eigenvalue weighted by atomic mass is 16.5. The van der Waals surface area contributed by atoms with E-state index in [-0.39, 0.29) is 5.91 Å². The third kappa shape index (κ3) is 4.53. The van der Waals surface area contributed by atoms with Crippen molar-refractivity contribution >= 4 is 35.2 Å². The van der Waals surface area contributed by atoms with Crippen molar-refractivity contribution in [3.05, 3.63) is 54.1 Å². The molecule has 1 N–H and O–H groups in total. The highest BCUT2D eigenvalue weighted by Crippen LogP contribution is 2.36. The van der Waals surface area contributed by atoms with Gasteiger partial charge in [0, 0.05) is 6.08 Å².